The van der Waals surface area contributed by atoms with E-state index in [0.717, 1.165) is 61.5 Å². The van der Waals surface area contributed by atoms with E-state index in [1.54, 1.807) is 7.11 Å². The molecule has 6 nitrogen and oxygen atoms in total. The van der Waals surface area contributed by atoms with Crippen LogP contribution in [0.2, 0.25) is 4.34 Å². The Hall–Kier alpha value is -1.48. The Morgan fingerprint density at radius 2 is 1.85 bits per heavy atom. The summed E-state index contributed by atoms with van der Waals surface area (Å²) in [6.07, 6.45) is 6.06. The molecule has 0 aliphatic carbocycles. The summed E-state index contributed by atoms with van der Waals surface area (Å²) in [6.45, 7) is 3.43. The van der Waals surface area contributed by atoms with Gasteiger partial charge in [0.15, 0.2) is 5.78 Å². The van der Waals surface area contributed by atoms with Crippen molar-refractivity contribution in [3.05, 3.63) is 51.2 Å². The second-order valence-corrected chi connectivity index (χ2v) is 10.2. The minimum Gasteiger partial charge on any atom is -0.497 e. The number of aliphatic hydroxyl groups excluding tert-OH is 1. The Morgan fingerprint density at radius 1 is 1.12 bits per heavy atom. The minimum absolute atomic E-state index is 0.169. The van der Waals surface area contributed by atoms with Crippen LogP contribution in [0.4, 0.5) is 0 Å². The second-order valence-electron chi connectivity index (χ2n) is 8.48. The Balaban J connectivity index is 1.32. The largest absolute Gasteiger partial charge is 0.497 e. The fraction of sp³-hybridized carbons (Fsp3) is 0.560. The number of hydrogen-bond donors (Lipinski definition) is 2. The topological polar surface area (TPSA) is 71.0 Å². The number of aliphatic hydroxyl groups is 1. The lowest BCUT2D eigenvalue weighted by atomic mass is 10.0. The molecule has 182 valence electrons. The number of carbonyl (C=O) groups excluding carboxylic acids is 1. The van der Waals surface area contributed by atoms with Gasteiger partial charge in [-0.1, -0.05) is 24.4 Å². The number of carbonyl (C=O) groups is 1. The van der Waals surface area contributed by atoms with Gasteiger partial charge in [0.1, 0.15) is 11.9 Å². The molecular formula is C25H35ClN2O4S. The molecule has 0 radical (unpaired) electrons. The molecule has 1 aromatic carbocycles. The third-order valence-electron chi connectivity index (χ3n) is 5.97. The molecule has 3 rings (SSSR count). The van der Waals surface area contributed by atoms with Gasteiger partial charge in [0.25, 0.3) is 0 Å². The summed E-state index contributed by atoms with van der Waals surface area (Å²) in [5, 5.41) is 10.8. The smallest absolute Gasteiger partial charge is 0.162 e. The highest BCUT2D eigenvalue weighted by Gasteiger charge is 2.26. The van der Waals surface area contributed by atoms with E-state index in [9.17, 15) is 9.90 Å². The number of hydrogen-bond acceptors (Lipinski definition) is 7. The van der Waals surface area contributed by atoms with Crippen LogP contribution in [0.3, 0.4) is 0 Å². The first-order valence-electron chi connectivity index (χ1n) is 11.8. The molecule has 1 aliphatic heterocycles. The molecule has 1 saturated heterocycles. The van der Waals surface area contributed by atoms with Gasteiger partial charge in [-0.3, -0.25) is 4.79 Å². The lowest BCUT2D eigenvalue weighted by Gasteiger charge is -2.27. The Labute approximate surface area is 205 Å². The van der Waals surface area contributed by atoms with Crippen molar-refractivity contribution in [3.8, 4) is 5.75 Å². The van der Waals surface area contributed by atoms with E-state index in [2.05, 4.69) is 10.4 Å². The lowest BCUT2D eigenvalue weighted by molar-refractivity contribution is -0.0323. The molecule has 0 amide bonds. The highest BCUT2D eigenvalue weighted by atomic mass is 35.5. The maximum Gasteiger partial charge on any atom is 0.162 e. The van der Waals surface area contributed by atoms with E-state index in [-0.39, 0.29) is 11.8 Å². The van der Waals surface area contributed by atoms with Crippen LogP contribution in [-0.2, 0) is 4.84 Å². The van der Waals surface area contributed by atoms with Gasteiger partial charge in [-0.05, 0) is 75.2 Å². The van der Waals surface area contributed by atoms with Gasteiger partial charge in [0, 0.05) is 23.4 Å². The van der Waals surface area contributed by atoms with Gasteiger partial charge in [0.05, 0.1) is 24.1 Å². The zero-order valence-corrected chi connectivity index (χ0v) is 20.9. The number of ketones is 1. The molecule has 0 spiro atoms. The molecule has 2 heterocycles. The molecular weight excluding hydrogens is 460 g/mol. The molecule has 0 bridgehead atoms. The maximum atomic E-state index is 12.3. The summed E-state index contributed by atoms with van der Waals surface area (Å²) in [6, 6.07) is 10.8. The second kappa shape index (κ2) is 14.0. The number of methoxy groups -OCH3 is 1. The number of likely N-dealkylation sites (tertiary alicyclic amines) is 1. The van der Waals surface area contributed by atoms with Crippen LogP contribution in [0.25, 0.3) is 0 Å². The quantitative estimate of drug-likeness (QED) is 0.200. The Kier molecular flexibility index (Phi) is 11.1. The van der Waals surface area contributed by atoms with Crippen molar-refractivity contribution < 1.29 is 19.5 Å². The molecule has 1 aliphatic rings. The van der Waals surface area contributed by atoms with Crippen LogP contribution in [0, 0.1) is 0 Å². The summed E-state index contributed by atoms with van der Waals surface area (Å²) in [4.78, 5) is 21.2. The van der Waals surface area contributed by atoms with Gasteiger partial charge >= 0.3 is 0 Å². The zero-order chi connectivity index (χ0) is 23.5. The predicted molar refractivity (Wildman–Crippen MR) is 133 cm³/mol. The van der Waals surface area contributed by atoms with E-state index in [1.165, 1.54) is 24.2 Å². The number of unbranched alkanes of at least 4 members (excludes halogenated alkanes) is 3. The van der Waals surface area contributed by atoms with Crippen molar-refractivity contribution in [2.45, 2.75) is 57.1 Å². The third-order valence-corrected chi connectivity index (χ3v) is 7.27. The maximum absolute atomic E-state index is 12.3. The van der Waals surface area contributed by atoms with Crippen LogP contribution in [0.5, 0.6) is 5.75 Å². The molecule has 2 atom stereocenters. The van der Waals surface area contributed by atoms with Gasteiger partial charge in [-0.2, -0.15) is 5.48 Å². The van der Waals surface area contributed by atoms with Crippen LogP contribution in [-0.4, -0.2) is 55.2 Å². The number of halogens is 1. The average molecular weight is 495 g/mol. The first-order valence-corrected chi connectivity index (χ1v) is 13.0. The summed E-state index contributed by atoms with van der Waals surface area (Å²) in [5.74, 6) is 0.928. The molecule has 2 N–H and O–H groups in total. The van der Waals surface area contributed by atoms with Crippen LogP contribution >= 0.6 is 22.9 Å². The van der Waals surface area contributed by atoms with Crippen molar-refractivity contribution in [3.63, 3.8) is 0 Å². The monoisotopic (exact) mass is 494 g/mol. The standard InChI is InChI=1S/C25H35ClN2O4S/c1-31-20-11-9-19(10-12-20)22(29)8-4-2-3-7-17-32-27-21(18-28-15-5-6-16-28)25(30)23-13-14-24(26)33-23/h9-14,21,25,27,30H,2-8,15-18H2,1H3/t21-,25+/m1/s1. The van der Waals surface area contributed by atoms with E-state index in [4.69, 9.17) is 21.2 Å². The summed E-state index contributed by atoms with van der Waals surface area (Å²) < 4.78 is 5.81. The van der Waals surface area contributed by atoms with E-state index >= 15 is 0 Å². The van der Waals surface area contributed by atoms with E-state index in [1.807, 2.05) is 36.4 Å². The number of Topliss-reactive ketones (excluding diaryl/α,β-unsaturated/α-hetero) is 1. The summed E-state index contributed by atoms with van der Waals surface area (Å²) in [7, 11) is 1.62. The van der Waals surface area contributed by atoms with E-state index in [0.29, 0.717) is 17.4 Å². The normalized spacial score (nSPS) is 16.1. The van der Waals surface area contributed by atoms with Crippen LogP contribution < -0.4 is 10.2 Å². The lowest BCUT2D eigenvalue weighted by Crippen LogP contribution is -2.44. The molecule has 33 heavy (non-hydrogen) atoms. The number of thiophene rings is 1. The number of benzene rings is 1. The van der Waals surface area contributed by atoms with Gasteiger partial charge in [-0.15, -0.1) is 11.3 Å². The number of rotatable bonds is 15. The SMILES string of the molecule is COc1ccc(C(=O)CCCCCCON[C@H](CN2CCCC2)[C@H](O)c2ccc(Cl)s2)cc1. The number of nitrogens with zero attached hydrogens (tertiary/aromatic N) is 1. The molecule has 0 unspecified atom stereocenters. The van der Waals surface area contributed by atoms with E-state index < -0.39 is 6.10 Å². The van der Waals surface area contributed by atoms with Crippen molar-refractivity contribution in [2.24, 2.45) is 0 Å². The first-order chi connectivity index (χ1) is 16.1. The Bertz CT molecular complexity index is 839. The van der Waals surface area contributed by atoms with Gasteiger partial charge < -0.3 is 19.6 Å². The highest BCUT2D eigenvalue weighted by molar-refractivity contribution is 7.16. The minimum atomic E-state index is -0.660. The van der Waals surface area contributed by atoms with Crippen molar-refractivity contribution in [1.29, 1.82) is 0 Å². The highest BCUT2D eigenvalue weighted by Crippen LogP contribution is 2.29. The fourth-order valence-electron chi connectivity index (χ4n) is 4.03. The van der Waals surface area contributed by atoms with Gasteiger partial charge in [-0.25, -0.2) is 0 Å². The van der Waals surface area contributed by atoms with Gasteiger partial charge in [0.2, 0.25) is 0 Å². The number of hydroxylamine groups is 1. The molecule has 2 aromatic rings. The number of nitrogens with one attached hydrogen (secondary N) is 1. The van der Waals surface area contributed by atoms with Crippen molar-refractivity contribution in [2.75, 3.05) is 33.4 Å². The molecule has 1 aromatic heterocycles. The van der Waals surface area contributed by atoms with Crippen molar-refractivity contribution in [1.82, 2.24) is 10.4 Å². The molecule has 8 heteroatoms. The average Bonchev–Trinajstić information content (AvgIpc) is 3.51. The fourth-order valence-corrected chi connectivity index (χ4v) is 5.14. The third kappa shape index (κ3) is 8.67. The molecule has 0 saturated carbocycles. The number of ether oxygens (including phenoxy) is 1. The predicted octanol–water partition coefficient (Wildman–Crippen LogP) is 5.26. The summed E-state index contributed by atoms with van der Waals surface area (Å²) >= 11 is 7.46. The summed E-state index contributed by atoms with van der Waals surface area (Å²) in [5.41, 5.74) is 3.84. The molecule has 1 fully saturated rings. The Morgan fingerprint density at radius 3 is 2.52 bits per heavy atom. The zero-order valence-electron chi connectivity index (χ0n) is 19.3. The first kappa shape index (κ1) is 26.1. The van der Waals surface area contributed by atoms with Crippen molar-refractivity contribution >= 4 is 28.7 Å². The van der Waals surface area contributed by atoms with Crippen LogP contribution in [0.1, 0.15) is 66.3 Å². The van der Waals surface area contributed by atoms with Crippen LogP contribution in [0.15, 0.2) is 36.4 Å².